The number of piperidine rings is 1. The van der Waals surface area contributed by atoms with E-state index in [0.29, 0.717) is 31.5 Å². The van der Waals surface area contributed by atoms with E-state index in [4.69, 9.17) is 0 Å². The molecular formula is C17H19F3N4O. The second kappa shape index (κ2) is 6.85. The maximum absolute atomic E-state index is 12.8. The number of nitrogens with zero attached hydrogens (tertiary/aromatic N) is 3. The largest absolute Gasteiger partial charge is 0.432 e. The number of aromatic amines is 1. The van der Waals surface area contributed by atoms with Gasteiger partial charge in [-0.3, -0.25) is 9.78 Å². The van der Waals surface area contributed by atoms with Crippen LogP contribution >= 0.6 is 0 Å². The van der Waals surface area contributed by atoms with Crippen molar-refractivity contribution in [1.82, 2.24) is 19.9 Å². The predicted octanol–water partition coefficient (Wildman–Crippen LogP) is 3.41. The van der Waals surface area contributed by atoms with Crippen LogP contribution < -0.4 is 0 Å². The molecule has 0 aliphatic carbocycles. The number of aromatic nitrogens is 3. The molecule has 1 saturated heterocycles. The number of carbonyl (C=O) groups excluding carboxylic acids is 1. The van der Waals surface area contributed by atoms with Crippen molar-refractivity contribution in [2.24, 2.45) is 0 Å². The Labute approximate surface area is 143 Å². The second-order valence-electron chi connectivity index (χ2n) is 6.16. The summed E-state index contributed by atoms with van der Waals surface area (Å²) >= 11 is 0. The molecule has 134 valence electrons. The van der Waals surface area contributed by atoms with Crippen molar-refractivity contribution in [3.63, 3.8) is 0 Å². The minimum atomic E-state index is -4.44. The Kier molecular flexibility index (Phi) is 4.78. The topological polar surface area (TPSA) is 61.9 Å². The van der Waals surface area contributed by atoms with Crippen LogP contribution in [0.4, 0.5) is 13.2 Å². The molecule has 0 saturated carbocycles. The molecule has 1 amide bonds. The van der Waals surface area contributed by atoms with Gasteiger partial charge in [0.15, 0.2) is 0 Å². The summed E-state index contributed by atoms with van der Waals surface area (Å²) in [7, 11) is 0. The fourth-order valence-corrected chi connectivity index (χ4v) is 3.16. The third-order valence-electron chi connectivity index (χ3n) is 4.51. The van der Waals surface area contributed by atoms with Crippen molar-refractivity contribution in [3.05, 3.63) is 47.3 Å². The third kappa shape index (κ3) is 3.67. The highest BCUT2D eigenvalue weighted by molar-refractivity contribution is 5.95. The normalized spacial score (nSPS) is 18.4. The lowest BCUT2D eigenvalue weighted by atomic mass is 9.96. The third-order valence-corrected chi connectivity index (χ3v) is 4.51. The highest BCUT2D eigenvalue weighted by Crippen LogP contribution is 2.31. The van der Waals surface area contributed by atoms with Crippen molar-refractivity contribution in [3.8, 4) is 0 Å². The summed E-state index contributed by atoms with van der Waals surface area (Å²) in [4.78, 5) is 24.8. The number of halogens is 3. The van der Waals surface area contributed by atoms with Gasteiger partial charge >= 0.3 is 6.18 Å². The quantitative estimate of drug-likeness (QED) is 0.921. The van der Waals surface area contributed by atoms with Crippen LogP contribution in [0, 0.1) is 0 Å². The van der Waals surface area contributed by atoms with Crippen molar-refractivity contribution in [2.45, 2.75) is 38.3 Å². The minimum Gasteiger partial charge on any atom is -0.338 e. The number of rotatable bonds is 3. The zero-order chi connectivity index (χ0) is 18.0. The lowest BCUT2D eigenvalue weighted by Gasteiger charge is -2.32. The van der Waals surface area contributed by atoms with E-state index in [-0.39, 0.29) is 17.6 Å². The van der Waals surface area contributed by atoms with E-state index < -0.39 is 11.9 Å². The molecule has 2 aromatic rings. The van der Waals surface area contributed by atoms with E-state index >= 15 is 0 Å². The van der Waals surface area contributed by atoms with Gasteiger partial charge in [-0.1, -0.05) is 6.92 Å². The molecule has 1 aliphatic rings. The van der Waals surface area contributed by atoms with Crippen LogP contribution in [-0.4, -0.2) is 38.8 Å². The van der Waals surface area contributed by atoms with E-state index in [1.807, 2.05) is 6.92 Å². The van der Waals surface area contributed by atoms with Crippen LogP contribution in [0.2, 0.25) is 0 Å². The van der Waals surface area contributed by atoms with Gasteiger partial charge in [0, 0.05) is 37.0 Å². The second-order valence-corrected chi connectivity index (χ2v) is 6.16. The Hall–Kier alpha value is -2.38. The average Bonchev–Trinajstić information content (AvgIpc) is 3.12. The van der Waals surface area contributed by atoms with Crippen LogP contribution in [0.5, 0.6) is 0 Å². The number of H-pyrrole nitrogens is 1. The van der Waals surface area contributed by atoms with Crippen LogP contribution in [0.15, 0.2) is 24.7 Å². The number of nitrogens with one attached hydrogen (secondary N) is 1. The van der Waals surface area contributed by atoms with Crippen LogP contribution in [0.3, 0.4) is 0 Å². The summed E-state index contributed by atoms with van der Waals surface area (Å²) in [6.45, 7) is 2.90. The van der Waals surface area contributed by atoms with Crippen LogP contribution in [-0.2, 0) is 12.6 Å². The van der Waals surface area contributed by atoms with Gasteiger partial charge in [0.1, 0.15) is 11.5 Å². The van der Waals surface area contributed by atoms with E-state index in [1.54, 1.807) is 23.4 Å². The number of carbonyl (C=O) groups is 1. The van der Waals surface area contributed by atoms with Crippen LogP contribution in [0.25, 0.3) is 0 Å². The van der Waals surface area contributed by atoms with E-state index in [0.717, 1.165) is 18.2 Å². The molecule has 1 aliphatic heterocycles. The summed E-state index contributed by atoms with van der Waals surface area (Å²) < 4.78 is 38.2. The number of imidazole rings is 1. The van der Waals surface area contributed by atoms with Gasteiger partial charge in [0.25, 0.3) is 5.91 Å². The Morgan fingerprint density at radius 2 is 2.20 bits per heavy atom. The van der Waals surface area contributed by atoms with E-state index in [2.05, 4.69) is 15.0 Å². The zero-order valence-electron chi connectivity index (χ0n) is 13.8. The molecule has 5 nitrogen and oxygen atoms in total. The first-order valence-electron chi connectivity index (χ1n) is 8.24. The minimum absolute atomic E-state index is 0.105. The number of pyridine rings is 1. The molecule has 2 aromatic heterocycles. The molecular weight excluding hydrogens is 333 g/mol. The fourth-order valence-electron chi connectivity index (χ4n) is 3.16. The number of aryl methyl sites for hydroxylation is 1. The first-order valence-corrected chi connectivity index (χ1v) is 8.24. The Morgan fingerprint density at radius 1 is 1.40 bits per heavy atom. The van der Waals surface area contributed by atoms with Gasteiger partial charge in [-0.05, 0) is 30.9 Å². The Balaban J connectivity index is 1.77. The van der Waals surface area contributed by atoms with Crippen molar-refractivity contribution < 1.29 is 18.0 Å². The molecule has 0 bridgehead atoms. The van der Waals surface area contributed by atoms with Gasteiger partial charge in [-0.15, -0.1) is 0 Å². The summed E-state index contributed by atoms with van der Waals surface area (Å²) in [6.07, 6.45) is 1.75. The highest BCUT2D eigenvalue weighted by Gasteiger charge is 2.35. The molecule has 3 rings (SSSR count). The van der Waals surface area contributed by atoms with Crippen molar-refractivity contribution >= 4 is 5.91 Å². The molecule has 0 aromatic carbocycles. The van der Waals surface area contributed by atoms with Gasteiger partial charge in [-0.2, -0.15) is 13.2 Å². The first-order chi connectivity index (χ1) is 11.9. The lowest BCUT2D eigenvalue weighted by molar-refractivity contribution is -0.141. The number of hydrogen-bond donors (Lipinski definition) is 1. The van der Waals surface area contributed by atoms with Gasteiger partial charge in [-0.25, -0.2) is 4.98 Å². The molecule has 1 fully saturated rings. The Morgan fingerprint density at radius 3 is 2.88 bits per heavy atom. The molecule has 1 N–H and O–H groups in total. The molecule has 3 heterocycles. The standard InChI is InChI=1S/C17H19F3N4O/c1-2-11-8-21-6-5-13(11)16(25)24-7-3-4-12(10-24)15-22-9-14(23-15)17(18,19)20/h5-6,8-9,12H,2-4,7,10H2,1H3,(H,22,23)/t12-/m0/s1. The summed E-state index contributed by atoms with van der Waals surface area (Å²) in [6, 6.07) is 1.69. The predicted molar refractivity (Wildman–Crippen MR) is 85.1 cm³/mol. The first kappa shape index (κ1) is 17.4. The molecule has 0 radical (unpaired) electrons. The van der Waals surface area contributed by atoms with Gasteiger partial charge in [0.2, 0.25) is 0 Å². The molecule has 25 heavy (non-hydrogen) atoms. The molecule has 8 heteroatoms. The highest BCUT2D eigenvalue weighted by atomic mass is 19.4. The maximum Gasteiger partial charge on any atom is 0.432 e. The number of amides is 1. The van der Waals surface area contributed by atoms with Gasteiger partial charge in [0.05, 0.1) is 6.20 Å². The summed E-state index contributed by atoms with van der Waals surface area (Å²) in [5.41, 5.74) is 0.619. The molecule has 1 atom stereocenters. The zero-order valence-corrected chi connectivity index (χ0v) is 13.8. The monoisotopic (exact) mass is 352 g/mol. The summed E-state index contributed by atoms with van der Waals surface area (Å²) in [5, 5.41) is 0. The smallest absolute Gasteiger partial charge is 0.338 e. The number of hydrogen-bond acceptors (Lipinski definition) is 3. The number of alkyl halides is 3. The lowest BCUT2D eigenvalue weighted by Crippen LogP contribution is -2.39. The average molecular weight is 352 g/mol. The Bertz CT molecular complexity index is 756. The van der Waals surface area contributed by atoms with Crippen LogP contribution in [0.1, 0.15) is 53.1 Å². The van der Waals surface area contributed by atoms with Crippen molar-refractivity contribution in [2.75, 3.05) is 13.1 Å². The fraction of sp³-hybridized carbons (Fsp3) is 0.471. The van der Waals surface area contributed by atoms with Gasteiger partial charge < -0.3 is 9.88 Å². The van der Waals surface area contributed by atoms with Crippen molar-refractivity contribution in [1.29, 1.82) is 0 Å². The van der Waals surface area contributed by atoms with E-state index in [9.17, 15) is 18.0 Å². The SMILES string of the molecule is CCc1cnccc1C(=O)N1CCC[C@H](c2ncc(C(F)(F)F)[nH]2)C1. The molecule has 0 spiro atoms. The number of likely N-dealkylation sites (tertiary alicyclic amines) is 1. The van der Waals surface area contributed by atoms with E-state index in [1.165, 1.54) is 0 Å². The summed E-state index contributed by atoms with van der Waals surface area (Å²) in [5.74, 6) is -0.0393. The molecule has 0 unspecified atom stereocenters. The maximum atomic E-state index is 12.8.